The largest absolute Gasteiger partial charge is 0.477 e. The number of carbonyl (C=O) groups is 1. The van der Waals surface area contributed by atoms with Crippen LogP contribution in [-0.4, -0.2) is 11.1 Å². The molecule has 116 valence electrons. The Labute approximate surface area is 124 Å². The number of hydrogen-bond donors (Lipinski definition) is 1. The molecule has 0 bridgehead atoms. The van der Waals surface area contributed by atoms with Crippen molar-refractivity contribution in [3.63, 3.8) is 0 Å². The van der Waals surface area contributed by atoms with Crippen LogP contribution < -0.4 is 0 Å². The molecular formula is C16H12F4O2. The fraction of sp³-hybridized carbons (Fsp3) is 0.188. The Hall–Kier alpha value is -2.37. The van der Waals surface area contributed by atoms with E-state index in [0.29, 0.717) is 0 Å². The normalized spacial score (nSPS) is 11.0. The van der Waals surface area contributed by atoms with Crippen LogP contribution in [0.5, 0.6) is 0 Å². The topological polar surface area (TPSA) is 37.3 Å². The third-order valence-electron chi connectivity index (χ3n) is 3.32. The maximum atomic E-state index is 14.0. The summed E-state index contributed by atoms with van der Waals surface area (Å²) in [6.07, 6.45) is 0. The fourth-order valence-electron chi connectivity index (χ4n) is 2.13. The maximum Gasteiger partial charge on any atom is 0.341 e. The van der Waals surface area contributed by atoms with Crippen molar-refractivity contribution >= 4 is 5.97 Å². The van der Waals surface area contributed by atoms with Gasteiger partial charge in [0.1, 0.15) is 5.56 Å². The minimum absolute atomic E-state index is 0.0408. The third-order valence-corrected chi connectivity index (χ3v) is 3.32. The molecule has 0 fully saturated rings. The predicted octanol–water partition coefficient (Wildman–Crippen LogP) is 4.73. The number of aromatic carboxylic acids is 1. The van der Waals surface area contributed by atoms with Crippen molar-refractivity contribution in [2.75, 3.05) is 0 Å². The van der Waals surface area contributed by atoms with Crippen molar-refractivity contribution in [1.29, 1.82) is 0 Å². The molecule has 1 N–H and O–H groups in total. The molecule has 0 aliphatic rings. The molecule has 0 saturated carbocycles. The Bertz CT molecular complexity index is 725. The Kier molecular flexibility index (Phi) is 4.21. The molecule has 2 aromatic carbocycles. The molecule has 0 atom stereocenters. The molecule has 0 aliphatic carbocycles. The molecular weight excluding hydrogens is 300 g/mol. The van der Waals surface area contributed by atoms with Gasteiger partial charge in [0.15, 0.2) is 23.3 Å². The molecule has 22 heavy (non-hydrogen) atoms. The van der Waals surface area contributed by atoms with Gasteiger partial charge in [-0.25, -0.2) is 22.4 Å². The molecule has 0 unspecified atom stereocenters. The monoisotopic (exact) mass is 312 g/mol. The summed E-state index contributed by atoms with van der Waals surface area (Å²) < 4.78 is 55.5. The zero-order valence-electron chi connectivity index (χ0n) is 11.8. The average Bonchev–Trinajstić information content (AvgIpc) is 2.45. The first-order valence-electron chi connectivity index (χ1n) is 6.45. The highest BCUT2D eigenvalue weighted by molar-refractivity contribution is 5.89. The summed E-state index contributed by atoms with van der Waals surface area (Å²) in [5.41, 5.74) is -1.89. The van der Waals surface area contributed by atoms with Crippen molar-refractivity contribution in [2.45, 2.75) is 19.8 Å². The van der Waals surface area contributed by atoms with Crippen LogP contribution in [0.25, 0.3) is 11.1 Å². The Morgan fingerprint density at radius 3 is 2.00 bits per heavy atom. The van der Waals surface area contributed by atoms with E-state index in [1.165, 1.54) is 18.2 Å². The summed E-state index contributed by atoms with van der Waals surface area (Å²) in [4.78, 5) is 10.7. The quantitative estimate of drug-likeness (QED) is 0.657. The van der Waals surface area contributed by atoms with E-state index in [1.54, 1.807) is 6.07 Å². The average molecular weight is 312 g/mol. The lowest BCUT2D eigenvalue weighted by Gasteiger charge is -2.12. The highest BCUT2D eigenvalue weighted by atomic mass is 19.2. The molecule has 0 heterocycles. The number of benzene rings is 2. The minimum atomic E-state index is -2.07. The highest BCUT2D eigenvalue weighted by Gasteiger charge is 2.29. The lowest BCUT2D eigenvalue weighted by Crippen LogP contribution is -2.11. The number of rotatable bonds is 3. The highest BCUT2D eigenvalue weighted by Crippen LogP contribution is 2.33. The van der Waals surface area contributed by atoms with E-state index >= 15 is 0 Å². The molecule has 0 amide bonds. The van der Waals surface area contributed by atoms with E-state index in [0.717, 1.165) is 5.56 Å². The van der Waals surface area contributed by atoms with Gasteiger partial charge in [0, 0.05) is 0 Å². The van der Waals surface area contributed by atoms with Crippen molar-refractivity contribution in [2.24, 2.45) is 0 Å². The molecule has 2 aromatic rings. The van der Waals surface area contributed by atoms with Crippen LogP contribution in [-0.2, 0) is 0 Å². The summed E-state index contributed by atoms with van der Waals surface area (Å²) in [5.74, 6) is -9.32. The second-order valence-corrected chi connectivity index (χ2v) is 5.09. The molecule has 0 saturated heterocycles. The molecule has 0 aromatic heterocycles. The Morgan fingerprint density at radius 1 is 1.00 bits per heavy atom. The van der Waals surface area contributed by atoms with Crippen LogP contribution in [0.3, 0.4) is 0 Å². The maximum absolute atomic E-state index is 14.0. The molecule has 2 nitrogen and oxygen atoms in total. The van der Waals surface area contributed by atoms with Crippen LogP contribution >= 0.6 is 0 Å². The number of carboxylic acid groups (broad SMARTS) is 1. The van der Waals surface area contributed by atoms with Crippen LogP contribution in [0.15, 0.2) is 24.3 Å². The summed E-state index contributed by atoms with van der Waals surface area (Å²) >= 11 is 0. The van der Waals surface area contributed by atoms with Crippen LogP contribution in [0.1, 0.15) is 35.7 Å². The van der Waals surface area contributed by atoms with E-state index in [-0.39, 0.29) is 11.5 Å². The summed E-state index contributed by atoms with van der Waals surface area (Å²) in [7, 11) is 0. The first kappa shape index (κ1) is 16.0. The van der Waals surface area contributed by atoms with Gasteiger partial charge in [-0.3, -0.25) is 0 Å². The Balaban J connectivity index is 2.77. The zero-order chi connectivity index (χ0) is 16.6. The van der Waals surface area contributed by atoms with Crippen molar-refractivity contribution in [1.82, 2.24) is 0 Å². The van der Waals surface area contributed by atoms with Crippen molar-refractivity contribution in [3.8, 4) is 11.1 Å². The standard InChI is InChI=1S/C16H12F4O2/c1-7(2)8-4-3-5-9(6-8)10-12(17)14(19)11(16(21)22)15(20)13(10)18/h3-7H,1-2H3,(H,21,22). The SMILES string of the molecule is CC(C)c1cccc(-c2c(F)c(F)c(C(=O)O)c(F)c2F)c1. The molecule has 0 radical (unpaired) electrons. The van der Waals surface area contributed by atoms with E-state index in [4.69, 9.17) is 5.11 Å². The summed E-state index contributed by atoms with van der Waals surface area (Å²) in [6, 6.07) is 5.92. The van der Waals surface area contributed by atoms with Crippen LogP contribution in [0, 0.1) is 23.3 Å². The van der Waals surface area contributed by atoms with Gasteiger partial charge in [0.2, 0.25) is 0 Å². The number of halogens is 4. The molecule has 6 heteroatoms. The minimum Gasteiger partial charge on any atom is -0.477 e. The lowest BCUT2D eigenvalue weighted by molar-refractivity contribution is 0.0683. The summed E-state index contributed by atoms with van der Waals surface area (Å²) in [5, 5.41) is 8.66. The van der Waals surface area contributed by atoms with Gasteiger partial charge in [-0.2, -0.15) is 0 Å². The van der Waals surface area contributed by atoms with Gasteiger partial charge in [0.25, 0.3) is 0 Å². The van der Waals surface area contributed by atoms with Gasteiger partial charge < -0.3 is 5.11 Å². The van der Waals surface area contributed by atoms with Gasteiger partial charge >= 0.3 is 5.97 Å². The fourth-order valence-corrected chi connectivity index (χ4v) is 2.13. The number of hydrogen-bond acceptors (Lipinski definition) is 1. The second-order valence-electron chi connectivity index (χ2n) is 5.09. The first-order chi connectivity index (χ1) is 10.3. The van der Waals surface area contributed by atoms with Gasteiger partial charge in [-0.15, -0.1) is 0 Å². The second kappa shape index (κ2) is 5.79. The van der Waals surface area contributed by atoms with E-state index in [1.807, 2.05) is 13.8 Å². The van der Waals surface area contributed by atoms with Crippen LogP contribution in [0.4, 0.5) is 17.6 Å². The lowest BCUT2D eigenvalue weighted by atomic mass is 9.95. The summed E-state index contributed by atoms with van der Waals surface area (Å²) in [6.45, 7) is 3.70. The Morgan fingerprint density at radius 2 is 1.55 bits per heavy atom. The first-order valence-corrected chi connectivity index (χ1v) is 6.45. The van der Waals surface area contributed by atoms with E-state index in [2.05, 4.69) is 0 Å². The number of carboxylic acids is 1. The third kappa shape index (κ3) is 2.56. The van der Waals surface area contributed by atoms with Crippen molar-refractivity contribution in [3.05, 3.63) is 58.7 Å². The van der Waals surface area contributed by atoms with Gasteiger partial charge in [-0.1, -0.05) is 38.1 Å². The van der Waals surface area contributed by atoms with E-state index < -0.39 is 40.4 Å². The zero-order valence-corrected chi connectivity index (χ0v) is 11.8. The predicted molar refractivity (Wildman–Crippen MR) is 72.8 cm³/mol. The van der Waals surface area contributed by atoms with E-state index in [9.17, 15) is 22.4 Å². The van der Waals surface area contributed by atoms with Crippen molar-refractivity contribution < 1.29 is 27.5 Å². The van der Waals surface area contributed by atoms with Gasteiger partial charge in [-0.05, 0) is 17.0 Å². The molecule has 0 aliphatic heterocycles. The van der Waals surface area contributed by atoms with Gasteiger partial charge in [0.05, 0.1) is 5.56 Å². The molecule has 0 spiro atoms. The molecule has 2 rings (SSSR count). The smallest absolute Gasteiger partial charge is 0.341 e. The van der Waals surface area contributed by atoms with Crippen LogP contribution in [0.2, 0.25) is 0 Å².